The molecule has 1 aromatic heterocycles. The first kappa shape index (κ1) is 9.71. The van der Waals surface area contributed by atoms with Gasteiger partial charge in [-0.2, -0.15) is 5.10 Å². The molecule has 0 radical (unpaired) electrons. The minimum absolute atomic E-state index is 0.384. The molecule has 0 saturated carbocycles. The van der Waals surface area contributed by atoms with Gasteiger partial charge in [0.05, 0.1) is 18.3 Å². The average molecular weight is 194 g/mol. The van der Waals surface area contributed by atoms with Crippen molar-refractivity contribution in [3.63, 3.8) is 0 Å². The van der Waals surface area contributed by atoms with E-state index in [1.165, 1.54) is 18.5 Å². The van der Waals surface area contributed by atoms with Gasteiger partial charge in [-0.05, 0) is 24.8 Å². The predicted octanol–water partition coefficient (Wildman–Crippen LogP) is 2.19. The van der Waals surface area contributed by atoms with Crippen molar-refractivity contribution in [2.45, 2.75) is 45.3 Å². The van der Waals surface area contributed by atoms with Gasteiger partial charge in [0.1, 0.15) is 0 Å². The van der Waals surface area contributed by atoms with Crippen molar-refractivity contribution >= 4 is 0 Å². The summed E-state index contributed by atoms with van der Waals surface area (Å²) < 4.78 is 7.57. The highest BCUT2D eigenvalue weighted by Crippen LogP contribution is 2.15. The van der Waals surface area contributed by atoms with E-state index in [-0.39, 0.29) is 0 Å². The number of hydrogen-bond acceptors (Lipinski definition) is 2. The molecule has 0 unspecified atom stereocenters. The zero-order valence-electron chi connectivity index (χ0n) is 8.94. The minimum atomic E-state index is 0.384. The average Bonchev–Trinajstić information content (AvgIpc) is 2.75. The number of nitrogens with zero attached hydrogens (tertiary/aromatic N) is 2. The summed E-state index contributed by atoms with van der Waals surface area (Å²) in [6, 6.07) is 2.10. The Morgan fingerprint density at radius 2 is 2.50 bits per heavy atom. The van der Waals surface area contributed by atoms with Crippen LogP contribution in [0.5, 0.6) is 0 Å². The maximum Gasteiger partial charge on any atom is 0.0771 e. The fourth-order valence-electron chi connectivity index (χ4n) is 1.78. The molecule has 1 atom stereocenters. The molecule has 1 aromatic rings. The largest absolute Gasteiger partial charge is 0.376 e. The van der Waals surface area contributed by atoms with Crippen molar-refractivity contribution in [2.24, 2.45) is 0 Å². The third-order valence-electron chi connectivity index (χ3n) is 2.67. The zero-order chi connectivity index (χ0) is 9.97. The van der Waals surface area contributed by atoms with E-state index in [2.05, 4.69) is 31.2 Å². The summed E-state index contributed by atoms with van der Waals surface area (Å²) in [5.74, 6) is 0.515. The van der Waals surface area contributed by atoms with E-state index in [1.807, 2.05) is 4.68 Å². The molecule has 1 saturated heterocycles. The molecule has 3 heteroatoms. The molecule has 0 bridgehead atoms. The molecule has 2 rings (SSSR count). The fraction of sp³-hybridized carbons (Fsp3) is 0.727. The second kappa shape index (κ2) is 4.13. The lowest BCUT2D eigenvalue weighted by atomic mass is 10.1. The Hall–Kier alpha value is -0.830. The second-order valence-corrected chi connectivity index (χ2v) is 4.25. The van der Waals surface area contributed by atoms with E-state index >= 15 is 0 Å². The Morgan fingerprint density at radius 3 is 3.07 bits per heavy atom. The van der Waals surface area contributed by atoms with E-state index in [0.717, 1.165) is 13.2 Å². The molecule has 1 aliphatic heterocycles. The van der Waals surface area contributed by atoms with Crippen molar-refractivity contribution in [1.29, 1.82) is 0 Å². The molecule has 2 heterocycles. The van der Waals surface area contributed by atoms with Crippen molar-refractivity contribution in [3.8, 4) is 0 Å². The van der Waals surface area contributed by atoms with Crippen LogP contribution in [0, 0.1) is 0 Å². The van der Waals surface area contributed by atoms with E-state index in [0.29, 0.717) is 12.0 Å². The molecule has 0 aliphatic carbocycles. The van der Waals surface area contributed by atoms with Crippen molar-refractivity contribution < 1.29 is 4.74 Å². The molecule has 0 aromatic carbocycles. The van der Waals surface area contributed by atoms with Crippen LogP contribution in [0.4, 0.5) is 0 Å². The Labute approximate surface area is 85.1 Å². The highest BCUT2D eigenvalue weighted by Gasteiger charge is 2.16. The second-order valence-electron chi connectivity index (χ2n) is 4.25. The van der Waals surface area contributed by atoms with Crippen molar-refractivity contribution in [2.75, 3.05) is 6.61 Å². The standard InChI is InChI=1S/C11H18N2O/c1-9(2)11-5-6-13(12-11)8-10-4-3-7-14-10/h5-6,9-10H,3-4,7-8H2,1-2H3/t10-/m0/s1. The van der Waals surface area contributed by atoms with E-state index in [9.17, 15) is 0 Å². The number of rotatable bonds is 3. The van der Waals surface area contributed by atoms with Gasteiger partial charge in [-0.15, -0.1) is 0 Å². The maximum absolute atomic E-state index is 5.57. The van der Waals surface area contributed by atoms with Crippen LogP contribution in [0.3, 0.4) is 0 Å². The van der Waals surface area contributed by atoms with Gasteiger partial charge < -0.3 is 4.74 Å². The van der Waals surface area contributed by atoms with Gasteiger partial charge in [0, 0.05) is 12.8 Å². The van der Waals surface area contributed by atoms with Crippen LogP contribution in [-0.4, -0.2) is 22.5 Å². The van der Waals surface area contributed by atoms with Gasteiger partial charge in [-0.1, -0.05) is 13.8 Å². The maximum atomic E-state index is 5.57. The summed E-state index contributed by atoms with van der Waals surface area (Å²) in [7, 11) is 0. The lowest BCUT2D eigenvalue weighted by molar-refractivity contribution is 0.0939. The van der Waals surface area contributed by atoms with Gasteiger partial charge in [-0.25, -0.2) is 0 Å². The lowest BCUT2D eigenvalue weighted by Crippen LogP contribution is -2.15. The summed E-state index contributed by atoms with van der Waals surface area (Å²) in [5.41, 5.74) is 1.17. The summed E-state index contributed by atoms with van der Waals surface area (Å²) in [6.45, 7) is 6.16. The number of ether oxygens (including phenoxy) is 1. The van der Waals surface area contributed by atoms with E-state index in [4.69, 9.17) is 4.74 Å². The Kier molecular flexibility index (Phi) is 2.87. The quantitative estimate of drug-likeness (QED) is 0.737. The van der Waals surface area contributed by atoms with Gasteiger partial charge >= 0.3 is 0 Å². The monoisotopic (exact) mass is 194 g/mol. The summed E-state index contributed by atoms with van der Waals surface area (Å²) in [6.07, 6.45) is 4.81. The van der Waals surface area contributed by atoms with Crippen LogP contribution in [0.1, 0.15) is 38.3 Å². The first-order valence-corrected chi connectivity index (χ1v) is 5.40. The Balaban J connectivity index is 1.95. The molecule has 3 nitrogen and oxygen atoms in total. The smallest absolute Gasteiger partial charge is 0.0771 e. The van der Waals surface area contributed by atoms with E-state index in [1.54, 1.807) is 0 Å². The summed E-state index contributed by atoms with van der Waals surface area (Å²) in [4.78, 5) is 0. The van der Waals surface area contributed by atoms with Crippen LogP contribution >= 0.6 is 0 Å². The molecule has 0 N–H and O–H groups in total. The minimum Gasteiger partial charge on any atom is -0.376 e. The SMILES string of the molecule is CC(C)c1ccn(C[C@@H]2CCCO2)n1. The van der Waals surface area contributed by atoms with Gasteiger partial charge in [0.15, 0.2) is 0 Å². The van der Waals surface area contributed by atoms with Crippen LogP contribution in [0.25, 0.3) is 0 Å². The topological polar surface area (TPSA) is 27.1 Å². The summed E-state index contributed by atoms with van der Waals surface area (Å²) >= 11 is 0. The van der Waals surface area contributed by atoms with Crippen molar-refractivity contribution in [3.05, 3.63) is 18.0 Å². The molecule has 0 spiro atoms. The highest BCUT2D eigenvalue weighted by atomic mass is 16.5. The Morgan fingerprint density at radius 1 is 1.64 bits per heavy atom. The zero-order valence-corrected chi connectivity index (χ0v) is 8.94. The van der Waals surface area contributed by atoms with Gasteiger partial charge in [-0.3, -0.25) is 4.68 Å². The molecular weight excluding hydrogens is 176 g/mol. The Bertz CT molecular complexity index is 287. The number of hydrogen-bond donors (Lipinski definition) is 0. The van der Waals surface area contributed by atoms with Crippen molar-refractivity contribution in [1.82, 2.24) is 9.78 Å². The van der Waals surface area contributed by atoms with Gasteiger partial charge in [0.2, 0.25) is 0 Å². The molecule has 14 heavy (non-hydrogen) atoms. The summed E-state index contributed by atoms with van der Waals surface area (Å²) in [5, 5.41) is 4.51. The molecule has 1 fully saturated rings. The van der Waals surface area contributed by atoms with Crippen LogP contribution in [0.2, 0.25) is 0 Å². The molecule has 78 valence electrons. The predicted molar refractivity (Wildman–Crippen MR) is 55.3 cm³/mol. The lowest BCUT2D eigenvalue weighted by Gasteiger charge is -2.08. The highest BCUT2D eigenvalue weighted by molar-refractivity contribution is 5.03. The first-order chi connectivity index (χ1) is 6.75. The third-order valence-corrected chi connectivity index (χ3v) is 2.67. The van der Waals surface area contributed by atoms with Crippen LogP contribution in [0.15, 0.2) is 12.3 Å². The van der Waals surface area contributed by atoms with E-state index < -0.39 is 0 Å². The fourth-order valence-corrected chi connectivity index (χ4v) is 1.78. The molecular formula is C11H18N2O. The normalized spacial score (nSPS) is 22.1. The van der Waals surface area contributed by atoms with Crippen LogP contribution < -0.4 is 0 Å². The first-order valence-electron chi connectivity index (χ1n) is 5.40. The number of aromatic nitrogens is 2. The van der Waals surface area contributed by atoms with Crippen LogP contribution in [-0.2, 0) is 11.3 Å². The molecule has 0 amide bonds. The molecule has 1 aliphatic rings. The van der Waals surface area contributed by atoms with Gasteiger partial charge in [0.25, 0.3) is 0 Å². The third kappa shape index (κ3) is 2.15.